The zero-order chi connectivity index (χ0) is 25.9. The summed E-state index contributed by atoms with van der Waals surface area (Å²) in [5, 5.41) is 3.12. The van der Waals surface area contributed by atoms with Gasteiger partial charge in [-0.2, -0.15) is 0 Å². The molecule has 1 aliphatic heterocycles. The van der Waals surface area contributed by atoms with Crippen molar-refractivity contribution < 1.29 is 17.9 Å². The third kappa shape index (κ3) is 5.26. The number of hydrogen-bond donors (Lipinski definition) is 1. The van der Waals surface area contributed by atoms with Crippen molar-refractivity contribution >= 4 is 21.6 Å². The van der Waals surface area contributed by atoms with E-state index in [0.29, 0.717) is 12.1 Å². The average molecular weight is 507 g/mol. The van der Waals surface area contributed by atoms with Gasteiger partial charge in [0.2, 0.25) is 5.91 Å². The van der Waals surface area contributed by atoms with Crippen LogP contribution in [0.4, 0.5) is 5.69 Å². The first-order chi connectivity index (χ1) is 17.2. The van der Waals surface area contributed by atoms with Crippen LogP contribution in [0.15, 0.2) is 77.7 Å². The standard InChI is InChI=1S/C29H34N2O4S/c1-5-29(6-2)19-26(25-12-7-8-13-27(25)35-29)30-28(32)20-31(23-11-9-10-22(4)18-23)36(33,34)24-16-14-21(3)15-17-24/h7-18,26H,5-6,19-20H2,1-4H3,(H,30,32)/t26-/m0/s1. The molecule has 0 unspecified atom stereocenters. The number of aryl methyl sites for hydroxylation is 2. The Morgan fingerprint density at radius 3 is 2.33 bits per heavy atom. The van der Waals surface area contributed by atoms with Crippen molar-refractivity contribution in [1.29, 1.82) is 0 Å². The molecule has 0 aliphatic carbocycles. The van der Waals surface area contributed by atoms with Gasteiger partial charge >= 0.3 is 0 Å². The van der Waals surface area contributed by atoms with Gasteiger partial charge in [-0.15, -0.1) is 0 Å². The van der Waals surface area contributed by atoms with Crippen molar-refractivity contribution in [2.75, 3.05) is 10.8 Å². The van der Waals surface area contributed by atoms with Crippen molar-refractivity contribution in [2.24, 2.45) is 0 Å². The van der Waals surface area contributed by atoms with Gasteiger partial charge < -0.3 is 10.1 Å². The van der Waals surface area contributed by atoms with Crippen molar-refractivity contribution in [3.8, 4) is 5.75 Å². The van der Waals surface area contributed by atoms with Gasteiger partial charge in [0.1, 0.15) is 17.9 Å². The smallest absolute Gasteiger partial charge is 0.264 e. The Balaban J connectivity index is 1.65. The molecule has 1 atom stereocenters. The summed E-state index contributed by atoms with van der Waals surface area (Å²) in [6.45, 7) is 7.65. The van der Waals surface area contributed by atoms with Crippen LogP contribution in [0.2, 0.25) is 0 Å². The van der Waals surface area contributed by atoms with Gasteiger partial charge in [-0.05, 0) is 62.6 Å². The number of nitrogens with zero attached hydrogens (tertiary/aromatic N) is 1. The topological polar surface area (TPSA) is 75.7 Å². The maximum Gasteiger partial charge on any atom is 0.264 e. The Kier molecular flexibility index (Phi) is 7.41. The lowest BCUT2D eigenvalue weighted by atomic mass is 9.83. The molecule has 1 aliphatic rings. The van der Waals surface area contributed by atoms with E-state index in [0.717, 1.165) is 35.3 Å². The van der Waals surface area contributed by atoms with Crippen molar-refractivity contribution in [3.05, 3.63) is 89.5 Å². The summed E-state index contributed by atoms with van der Waals surface area (Å²) in [5.74, 6) is 0.399. The highest BCUT2D eigenvalue weighted by atomic mass is 32.2. The number of nitrogens with one attached hydrogen (secondary N) is 1. The average Bonchev–Trinajstić information content (AvgIpc) is 2.87. The van der Waals surface area contributed by atoms with Gasteiger partial charge in [-0.3, -0.25) is 9.10 Å². The normalized spacial score (nSPS) is 16.5. The maximum atomic E-state index is 13.7. The van der Waals surface area contributed by atoms with Crippen molar-refractivity contribution in [3.63, 3.8) is 0 Å². The lowest BCUT2D eigenvalue weighted by Gasteiger charge is -2.41. The predicted molar refractivity (Wildman–Crippen MR) is 143 cm³/mol. The fraction of sp³-hybridized carbons (Fsp3) is 0.345. The summed E-state index contributed by atoms with van der Waals surface area (Å²) in [5.41, 5.74) is 2.85. The van der Waals surface area contributed by atoms with Crippen molar-refractivity contribution in [1.82, 2.24) is 5.32 Å². The van der Waals surface area contributed by atoms with Crippen LogP contribution in [0.25, 0.3) is 0 Å². The lowest BCUT2D eigenvalue weighted by Crippen LogP contribution is -2.47. The number of fused-ring (bicyclic) bond motifs is 1. The maximum absolute atomic E-state index is 13.7. The van der Waals surface area contributed by atoms with E-state index >= 15 is 0 Å². The fourth-order valence-corrected chi connectivity index (χ4v) is 6.15. The molecule has 36 heavy (non-hydrogen) atoms. The van der Waals surface area contributed by atoms with Crippen molar-refractivity contribution in [2.45, 2.75) is 63.5 Å². The number of hydrogen-bond acceptors (Lipinski definition) is 4. The summed E-state index contributed by atoms with van der Waals surface area (Å²) in [6.07, 6.45) is 2.24. The second kappa shape index (κ2) is 10.3. The highest BCUT2D eigenvalue weighted by Crippen LogP contribution is 2.42. The van der Waals surface area contributed by atoms with E-state index in [9.17, 15) is 13.2 Å². The Bertz CT molecular complexity index is 1330. The molecule has 0 radical (unpaired) electrons. The van der Waals surface area contributed by atoms with Crippen LogP contribution >= 0.6 is 0 Å². The fourth-order valence-electron chi connectivity index (χ4n) is 4.74. The molecule has 3 aromatic carbocycles. The minimum absolute atomic E-state index is 0.148. The van der Waals surface area contributed by atoms with E-state index in [1.54, 1.807) is 42.5 Å². The van der Waals surface area contributed by atoms with Crippen LogP contribution in [0.3, 0.4) is 0 Å². The molecule has 0 aromatic heterocycles. The molecular weight excluding hydrogens is 472 g/mol. The van der Waals surface area contributed by atoms with Gasteiger partial charge in [0.15, 0.2) is 0 Å². The summed E-state index contributed by atoms with van der Waals surface area (Å²) in [4.78, 5) is 13.6. The second-order valence-electron chi connectivity index (χ2n) is 9.52. The molecule has 1 N–H and O–H groups in total. The first kappa shape index (κ1) is 25.8. The third-order valence-corrected chi connectivity index (χ3v) is 8.79. The van der Waals surface area contributed by atoms with Crippen LogP contribution in [0, 0.1) is 13.8 Å². The molecule has 1 amide bonds. The van der Waals surface area contributed by atoms with E-state index in [2.05, 4.69) is 19.2 Å². The monoisotopic (exact) mass is 506 g/mol. The van der Waals surface area contributed by atoms with E-state index in [4.69, 9.17) is 4.74 Å². The van der Waals surface area contributed by atoms with Crippen LogP contribution in [0.5, 0.6) is 5.75 Å². The summed E-state index contributed by atoms with van der Waals surface area (Å²) >= 11 is 0. The number of sulfonamides is 1. The number of ether oxygens (including phenoxy) is 1. The Hall–Kier alpha value is -3.32. The number of amides is 1. The van der Waals surface area contributed by atoms with Gasteiger partial charge in [-0.25, -0.2) is 8.42 Å². The molecule has 0 saturated carbocycles. The number of rotatable bonds is 8. The van der Waals surface area contributed by atoms with E-state index in [1.807, 2.05) is 44.2 Å². The Labute approximate surface area is 214 Å². The Morgan fingerprint density at radius 2 is 1.67 bits per heavy atom. The first-order valence-corrected chi connectivity index (χ1v) is 13.8. The van der Waals surface area contributed by atoms with E-state index < -0.39 is 10.0 Å². The number of para-hydroxylation sites is 1. The molecule has 190 valence electrons. The van der Waals surface area contributed by atoms with Crippen LogP contribution in [-0.2, 0) is 14.8 Å². The summed E-state index contributed by atoms with van der Waals surface area (Å²) < 4.78 is 35.0. The van der Waals surface area contributed by atoms with Crippen LogP contribution < -0.4 is 14.4 Å². The number of anilines is 1. The number of carbonyl (C=O) groups excluding carboxylic acids is 1. The zero-order valence-electron chi connectivity index (χ0n) is 21.3. The largest absolute Gasteiger partial charge is 0.487 e. The molecule has 0 bridgehead atoms. The van der Waals surface area contributed by atoms with E-state index in [-0.39, 0.29) is 29.0 Å². The predicted octanol–water partition coefficient (Wildman–Crippen LogP) is 5.70. The summed E-state index contributed by atoms with van der Waals surface area (Å²) in [6, 6.07) is 21.3. The van der Waals surface area contributed by atoms with Gasteiger partial charge in [0, 0.05) is 12.0 Å². The molecular formula is C29H34N2O4S. The molecule has 1 heterocycles. The zero-order valence-corrected chi connectivity index (χ0v) is 22.1. The first-order valence-electron chi connectivity index (χ1n) is 12.4. The van der Waals surface area contributed by atoms with Gasteiger partial charge in [0.25, 0.3) is 10.0 Å². The number of benzene rings is 3. The minimum Gasteiger partial charge on any atom is -0.487 e. The third-order valence-electron chi connectivity index (χ3n) is 7.01. The SMILES string of the molecule is CCC1(CC)C[C@H](NC(=O)CN(c2cccc(C)c2)S(=O)(=O)c2ccc(C)cc2)c2ccccc2O1. The quantitative estimate of drug-likeness (QED) is 0.425. The number of carbonyl (C=O) groups is 1. The van der Waals surface area contributed by atoms with Gasteiger partial charge in [-0.1, -0.05) is 61.9 Å². The molecule has 0 saturated heterocycles. The second-order valence-corrected chi connectivity index (χ2v) is 11.4. The van der Waals surface area contributed by atoms with Gasteiger partial charge in [0.05, 0.1) is 16.6 Å². The molecule has 0 fully saturated rings. The Morgan fingerprint density at radius 1 is 0.972 bits per heavy atom. The molecule has 4 rings (SSSR count). The van der Waals surface area contributed by atoms with Crippen LogP contribution in [0.1, 0.15) is 55.8 Å². The molecule has 0 spiro atoms. The summed E-state index contributed by atoms with van der Waals surface area (Å²) in [7, 11) is -3.97. The minimum atomic E-state index is -3.97. The molecule has 6 nitrogen and oxygen atoms in total. The highest BCUT2D eigenvalue weighted by molar-refractivity contribution is 7.92. The molecule has 3 aromatic rings. The highest BCUT2D eigenvalue weighted by Gasteiger charge is 2.39. The van der Waals surface area contributed by atoms with E-state index in [1.165, 1.54) is 4.31 Å². The molecule has 7 heteroatoms. The van der Waals surface area contributed by atoms with Crippen LogP contribution in [-0.4, -0.2) is 26.5 Å². The lowest BCUT2D eigenvalue weighted by molar-refractivity contribution is -0.121.